The number of benzene rings is 1. The van der Waals surface area contributed by atoms with Gasteiger partial charge in [0.2, 0.25) is 5.91 Å². The van der Waals surface area contributed by atoms with Crippen molar-refractivity contribution in [3.63, 3.8) is 0 Å². The summed E-state index contributed by atoms with van der Waals surface area (Å²) in [5.74, 6) is -0.437. The van der Waals surface area contributed by atoms with E-state index in [1.54, 1.807) is 10.9 Å². The zero-order valence-electron chi connectivity index (χ0n) is 11.4. The molecule has 1 aromatic heterocycles. The number of nitrogens with zero attached hydrogens (tertiary/aromatic N) is 2. The Morgan fingerprint density at radius 1 is 1.45 bits per heavy atom. The molecule has 0 aliphatic rings. The summed E-state index contributed by atoms with van der Waals surface area (Å²) in [5.41, 5.74) is 7.07. The highest BCUT2D eigenvalue weighted by Gasteiger charge is 2.20. The minimum Gasteiger partial charge on any atom is -0.370 e. The fourth-order valence-electron chi connectivity index (χ4n) is 1.85. The van der Waals surface area contributed by atoms with Crippen molar-refractivity contribution in [1.29, 1.82) is 0 Å². The van der Waals surface area contributed by atoms with Crippen LogP contribution in [-0.4, -0.2) is 15.7 Å². The topological polar surface area (TPSA) is 72.9 Å². The SMILES string of the molecule is CC(C)n1cc(C(Nc2cccc(Br)c2)C(N)=O)cn1. The molecule has 2 rings (SSSR count). The van der Waals surface area contributed by atoms with Gasteiger partial charge >= 0.3 is 0 Å². The number of nitrogens with one attached hydrogen (secondary N) is 1. The summed E-state index contributed by atoms with van der Waals surface area (Å²) in [6.45, 7) is 4.05. The molecule has 0 saturated carbocycles. The average Bonchev–Trinajstić information content (AvgIpc) is 2.85. The monoisotopic (exact) mass is 336 g/mol. The number of primary amides is 1. The Morgan fingerprint density at radius 3 is 2.75 bits per heavy atom. The first-order valence-corrected chi connectivity index (χ1v) is 7.12. The van der Waals surface area contributed by atoms with Gasteiger partial charge in [-0.3, -0.25) is 9.48 Å². The highest BCUT2D eigenvalue weighted by Crippen LogP contribution is 2.22. The second kappa shape index (κ2) is 6.09. The zero-order chi connectivity index (χ0) is 14.7. The van der Waals surface area contributed by atoms with Crippen molar-refractivity contribution in [2.45, 2.75) is 25.9 Å². The zero-order valence-corrected chi connectivity index (χ0v) is 13.0. The van der Waals surface area contributed by atoms with Gasteiger partial charge in [0.25, 0.3) is 0 Å². The van der Waals surface area contributed by atoms with Crippen molar-refractivity contribution >= 4 is 27.5 Å². The fourth-order valence-corrected chi connectivity index (χ4v) is 2.25. The van der Waals surface area contributed by atoms with Gasteiger partial charge < -0.3 is 11.1 Å². The standard InChI is InChI=1S/C14H17BrN4O/c1-9(2)19-8-10(7-17-19)13(14(16)20)18-12-5-3-4-11(15)6-12/h3-9,13,18H,1-2H3,(H2,16,20). The Balaban J connectivity index is 2.24. The molecule has 1 aromatic carbocycles. The van der Waals surface area contributed by atoms with Crippen LogP contribution in [0.15, 0.2) is 41.1 Å². The van der Waals surface area contributed by atoms with Gasteiger partial charge in [-0.2, -0.15) is 5.10 Å². The highest BCUT2D eigenvalue weighted by atomic mass is 79.9. The summed E-state index contributed by atoms with van der Waals surface area (Å²) in [6, 6.07) is 7.22. The second-order valence-electron chi connectivity index (χ2n) is 4.84. The normalized spacial score (nSPS) is 12.4. The van der Waals surface area contributed by atoms with Crippen molar-refractivity contribution in [1.82, 2.24) is 9.78 Å². The minimum atomic E-state index is -0.600. The van der Waals surface area contributed by atoms with E-state index in [1.165, 1.54) is 0 Å². The number of aromatic nitrogens is 2. The molecule has 5 nitrogen and oxygen atoms in total. The number of rotatable bonds is 5. The first-order valence-electron chi connectivity index (χ1n) is 6.33. The molecule has 0 radical (unpaired) electrons. The number of halogens is 1. The minimum absolute atomic E-state index is 0.239. The molecule has 1 amide bonds. The number of hydrogen-bond acceptors (Lipinski definition) is 3. The summed E-state index contributed by atoms with van der Waals surface area (Å²) < 4.78 is 2.73. The molecule has 0 aliphatic heterocycles. The smallest absolute Gasteiger partial charge is 0.244 e. The molecule has 6 heteroatoms. The number of carbonyl (C=O) groups is 1. The van der Waals surface area contributed by atoms with E-state index in [4.69, 9.17) is 5.73 Å². The molecule has 1 atom stereocenters. The van der Waals surface area contributed by atoms with Gasteiger partial charge in [-0.05, 0) is 32.0 Å². The van der Waals surface area contributed by atoms with E-state index in [-0.39, 0.29) is 6.04 Å². The van der Waals surface area contributed by atoms with E-state index in [0.717, 1.165) is 15.7 Å². The Labute approximate surface area is 126 Å². The van der Waals surface area contributed by atoms with Crippen molar-refractivity contribution in [3.05, 3.63) is 46.7 Å². The first kappa shape index (κ1) is 14.6. The second-order valence-corrected chi connectivity index (χ2v) is 5.75. The number of anilines is 1. The van der Waals surface area contributed by atoms with Gasteiger partial charge in [0.05, 0.1) is 6.20 Å². The third-order valence-electron chi connectivity index (χ3n) is 2.90. The molecular weight excluding hydrogens is 320 g/mol. The van der Waals surface area contributed by atoms with Gasteiger partial charge in [-0.25, -0.2) is 0 Å². The van der Waals surface area contributed by atoms with E-state index >= 15 is 0 Å². The summed E-state index contributed by atoms with van der Waals surface area (Å²) in [5, 5.41) is 7.37. The molecule has 2 aromatic rings. The van der Waals surface area contributed by atoms with Crippen LogP contribution in [0.1, 0.15) is 31.5 Å². The van der Waals surface area contributed by atoms with Crippen LogP contribution in [0, 0.1) is 0 Å². The Bertz CT molecular complexity index is 609. The molecule has 20 heavy (non-hydrogen) atoms. The van der Waals surface area contributed by atoms with E-state index in [1.807, 2.05) is 44.3 Å². The van der Waals surface area contributed by atoms with E-state index < -0.39 is 11.9 Å². The maximum absolute atomic E-state index is 11.7. The van der Waals surface area contributed by atoms with Crippen molar-refractivity contribution in [3.8, 4) is 0 Å². The summed E-state index contributed by atoms with van der Waals surface area (Å²) in [7, 11) is 0. The lowest BCUT2D eigenvalue weighted by Crippen LogP contribution is -2.27. The molecule has 0 aliphatic carbocycles. The van der Waals surface area contributed by atoms with Crippen LogP contribution in [-0.2, 0) is 4.79 Å². The quantitative estimate of drug-likeness (QED) is 0.881. The van der Waals surface area contributed by atoms with E-state index in [9.17, 15) is 4.79 Å². The highest BCUT2D eigenvalue weighted by molar-refractivity contribution is 9.10. The molecule has 0 bridgehead atoms. The summed E-state index contributed by atoms with van der Waals surface area (Å²) >= 11 is 3.40. The number of carbonyl (C=O) groups excluding carboxylic acids is 1. The predicted octanol–water partition coefficient (Wildman–Crippen LogP) is 2.87. The Morgan fingerprint density at radius 2 is 2.20 bits per heavy atom. The van der Waals surface area contributed by atoms with Crippen molar-refractivity contribution < 1.29 is 4.79 Å². The lowest BCUT2D eigenvalue weighted by atomic mass is 10.1. The lowest BCUT2D eigenvalue weighted by molar-refractivity contribution is -0.118. The fraction of sp³-hybridized carbons (Fsp3) is 0.286. The number of amides is 1. The summed E-state index contributed by atoms with van der Waals surface area (Å²) in [4.78, 5) is 11.7. The molecule has 106 valence electrons. The van der Waals surface area contributed by atoms with Crippen LogP contribution in [0.5, 0.6) is 0 Å². The molecule has 0 spiro atoms. The lowest BCUT2D eigenvalue weighted by Gasteiger charge is -2.15. The molecule has 0 fully saturated rings. The Kier molecular flexibility index (Phi) is 4.44. The van der Waals surface area contributed by atoms with Crippen LogP contribution < -0.4 is 11.1 Å². The summed E-state index contributed by atoms with van der Waals surface area (Å²) in [6.07, 6.45) is 3.51. The van der Waals surface area contributed by atoms with Gasteiger partial charge in [0, 0.05) is 28.0 Å². The largest absolute Gasteiger partial charge is 0.370 e. The molecule has 1 heterocycles. The van der Waals surface area contributed by atoms with Gasteiger partial charge in [0.1, 0.15) is 6.04 Å². The van der Waals surface area contributed by atoms with Crippen LogP contribution in [0.4, 0.5) is 5.69 Å². The maximum atomic E-state index is 11.7. The van der Waals surface area contributed by atoms with Crippen LogP contribution >= 0.6 is 15.9 Å². The van der Waals surface area contributed by atoms with Gasteiger partial charge in [-0.1, -0.05) is 22.0 Å². The van der Waals surface area contributed by atoms with Crippen LogP contribution in [0.2, 0.25) is 0 Å². The van der Waals surface area contributed by atoms with Gasteiger partial charge in [0.15, 0.2) is 0 Å². The Hall–Kier alpha value is -1.82. The van der Waals surface area contributed by atoms with Crippen LogP contribution in [0.3, 0.4) is 0 Å². The molecule has 0 saturated heterocycles. The third-order valence-corrected chi connectivity index (χ3v) is 3.40. The molecular formula is C14H17BrN4O. The van der Waals surface area contributed by atoms with E-state index in [0.29, 0.717) is 0 Å². The van der Waals surface area contributed by atoms with Crippen molar-refractivity contribution in [2.75, 3.05) is 5.32 Å². The predicted molar refractivity (Wildman–Crippen MR) is 82.3 cm³/mol. The maximum Gasteiger partial charge on any atom is 0.244 e. The van der Waals surface area contributed by atoms with Gasteiger partial charge in [-0.15, -0.1) is 0 Å². The average molecular weight is 337 g/mol. The van der Waals surface area contributed by atoms with Crippen molar-refractivity contribution in [2.24, 2.45) is 5.73 Å². The van der Waals surface area contributed by atoms with Crippen LogP contribution in [0.25, 0.3) is 0 Å². The molecule has 3 N–H and O–H groups in total. The number of nitrogens with two attached hydrogens (primary N) is 1. The molecule has 1 unspecified atom stereocenters. The first-order chi connectivity index (χ1) is 9.47. The third kappa shape index (κ3) is 3.39. The van der Waals surface area contributed by atoms with E-state index in [2.05, 4.69) is 26.3 Å². The number of hydrogen-bond donors (Lipinski definition) is 2.